The lowest BCUT2D eigenvalue weighted by atomic mass is 9.92. The van der Waals surface area contributed by atoms with E-state index < -0.39 is 0 Å². The molecule has 2 aromatic carbocycles. The van der Waals surface area contributed by atoms with E-state index in [-0.39, 0.29) is 17.5 Å². The fraction of sp³-hybridized carbons (Fsp3) is 0.286. The van der Waals surface area contributed by atoms with Crippen molar-refractivity contribution in [2.75, 3.05) is 13.1 Å². The van der Waals surface area contributed by atoms with E-state index in [4.69, 9.17) is 11.6 Å². The van der Waals surface area contributed by atoms with Gasteiger partial charge in [-0.3, -0.25) is 9.69 Å². The number of benzene rings is 2. The van der Waals surface area contributed by atoms with Crippen LogP contribution in [0.15, 0.2) is 60.7 Å². The lowest BCUT2D eigenvalue weighted by molar-refractivity contribution is -0.119. The van der Waals surface area contributed by atoms with Gasteiger partial charge in [-0.05, 0) is 49.2 Å². The fourth-order valence-electron chi connectivity index (χ4n) is 3.23. The van der Waals surface area contributed by atoms with Gasteiger partial charge in [0.2, 0.25) is 0 Å². The molecular formula is C21H22ClNO2. The molecule has 0 spiro atoms. The summed E-state index contributed by atoms with van der Waals surface area (Å²) < 4.78 is 0. The normalized spacial score (nSPS) is 18.9. The number of halogens is 1. The van der Waals surface area contributed by atoms with Crippen LogP contribution in [0.2, 0.25) is 5.02 Å². The highest BCUT2D eigenvalue weighted by molar-refractivity contribution is 6.30. The summed E-state index contributed by atoms with van der Waals surface area (Å²) in [5.41, 5.74) is 1.87. The first-order valence-electron chi connectivity index (χ1n) is 8.58. The van der Waals surface area contributed by atoms with Crippen molar-refractivity contribution in [3.63, 3.8) is 0 Å². The number of aliphatic hydroxyl groups excluding tert-OH is 1. The highest BCUT2D eigenvalue weighted by Gasteiger charge is 2.25. The summed E-state index contributed by atoms with van der Waals surface area (Å²) >= 11 is 5.85. The monoisotopic (exact) mass is 355 g/mol. The molecule has 0 aromatic heterocycles. The molecule has 1 heterocycles. The topological polar surface area (TPSA) is 40.5 Å². The van der Waals surface area contributed by atoms with E-state index in [1.807, 2.05) is 18.2 Å². The van der Waals surface area contributed by atoms with Crippen molar-refractivity contribution in [2.24, 2.45) is 5.92 Å². The molecular weight excluding hydrogens is 334 g/mol. The zero-order valence-corrected chi connectivity index (χ0v) is 14.8. The summed E-state index contributed by atoms with van der Waals surface area (Å²) in [7, 11) is 0. The van der Waals surface area contributed by atoms with E-state index in [1.165, 1.54) is 11.6 Å². The van der Waals surface area contributed by atoms with E-state index in [9.17, 15) is 9.90 Å². The third-order valence-electron chi connectivity index (χ3n) is 4.58. The maximum absolute atomic E-state index is 12.6. The molecule has 1 N–H and O–H groups in total. The van der Waals surface area contributed by atoms with Gasteiger partial charge in [-0.2, -0.15) is 0 Å². The molecule has 0 radical (unpaired) electrons. The predicted molar refractivity (Wildman–Crippen MR) is 102 cm³/mol. The molecule has 1 fully saturated rings. The quantitative estimate of drug-likeness (QED) is 0.623. The smallest absolute Gasteiger partial charge is 0.163 e. The van der Waals surface area contributed by atoms with Gasteiger partial charge in [0, 0.05) is 35.7 Å². The number of ketones is 1. The number of nitrogens with zero attached hydrogens (tertiary/aromatic N) is 1. The van der Waals surface area contributed by atoms with Crippen LogP contribution in [0.25, 0.3) is 5.76 Å². The number of aliphatic hydroxyl groups is 1. The number of likely N-dealkylation sites (tertiary alicyclic amines) is 1. The number of piperidine rings is 1. The first-order valence-corrected chi connectivity index (χ1v) is 8.96. The third kappa shape index (κ3) is 4.94. The van der Waals surface area contributed by atoms with Crippen LogP contribution in [0.5, 0.6) is 0 Å². The number of hydrogen-bond donors (Lipinski definition) is 1. The molecule has 3 rings (SSSR count). The van der Waals surface area contributed by atoms with Crippen LogP contribution in [0, 0.1) is 5.92 Å². The molecule has 4 heteroatoms. The maximum Gasteiger partial charge on any atom is 0.163 e. The largest absolute Gasteiger partial charge is 0.507 e. The molecule has 25 heavy (non-hydrogen) atoms. The molecule has 130 valence electrons. The Hall–Kier alpha value is -2.10. The molecule has 0 bridgehead atoms. The van der Waals surface area contributed by atoms with Crippen LogP contribution in [0.1, 0.15) is 24.0 Å². The molecule has 0 amide bonds. The van der Waals surface area contributed by atoms with Crippen LogP contribution in [0.3, 0.4) is 0 Å². The van der Waals surface area contributed by atoms with Gasteiger partial charge in [0.1, 0.15) is 5.76 Å². The molecule has 1 atom stereocenters. The lowest BCUT2D eigenvalue weighted by Gasteiger charge is -2.31. The van der Waals surface area contributed by atoms with E-state index in [1.54, 1.807) is 24.3 Å². The highest BCUT2D eigenvalue weighted by Crippen LogP contribution is 2.22. The average molecular weight is 356 g/mol. The number of carbonyl (C=O) groups excluding carboxylic acids is 1. The zero-order valence-electron chi connectivity index (χ0n) is 14.1. The van der Waals surface area contributed by atoms with Gasteiger partial charge in [0.05, 0.1) is 0 Å². The van der Waals surface area contributed by atoms with Crippen molar-refractivity contribution < 1.29 is 9.90 Å². The summed E-state index contributed by atoms with van der Waals surface area (Å²) in [5.74, 6) is -0.0704. The maximum atomic E-state index is 12.6. The average Bonchev–Trinajstić information content (AvgIpc) is 2.63. The molecule has 1 aliphatic rings. The molecule has 2 aromatic rings. The van der Waals surface area contributed by atoms with Crippen molar-refractivity contribution in [1.29, 1.82) is 0 Å². The van der Waals surface area contributed by atoms with Gasteiger partial charge >= 0.3 is 0 Å². The van der Waals surface area contributed by atoms with E-state index in [0.29, 0.717) is 10.6 Å². The number of hydrogen-bond acceptors (Lipinski definition) is 3. The van der Waals surface area contributed by atoms with Crippen molar-refractivity contribution in [3.8, 4) is 0 Å². The predicted octanol–water partition coefficient (Wildman–Crippen LogP) is 4.72. The van der Waals surface area contributed by atoms with Crippen molar-refractivity contribution in [2.45, 2.75) is 19.4 Å². The summed E-state index contributed by atoms with van der Waals surface area (Å²) in [5, 5.41) is 10.8. The first kappa shape index (κ1) is 17.7. The van der Waals surface area contributed by atoms with Crippen molar-refractivity contribution in [1.82, 2.24) is 4.90 Å². The Balaban J connectivity index is 1.63. The van der Waals surface area contributed by atoms with Gasteiger partial charge in [0.25, 0.3) is 0 Å². The third-order valence-corrected chi connectivity index (χ3v) is 4.83. The number of allylic oxidation sites excluding steroid dienone is 1. The van der Waals surface area contributed by atoms with Gasteiger partial charge in [-0.15, -0.1) is 0 Å². The molecule has 1 aliphatic heterocycles. The molecule has 0 saturated carbocycles. The Morgan fingerprint density at radius 2 is 1.88 bits per heavy atom. The van der Waals surface area contributed by atoms with Gasteiger partial charge in [-0.25, -0.2) is 0 Å². The lowest BCUT2D eigenvalue weighted by Crippen LogP contribution is -2.37. The highest BCUT2D eigenvalue weighted by atomic mass is 35.5. The number of rotatable bonds is 5. The summed E-state index contributed by atoms with van der Waals surface area (Å²) in [6, 6.07) is 17.1. The van der Waals surface area contributed by atoms with E-state index in [2.05, 4.69) is 17.0 Å². The first-order chi connectivity index (χ1) is 12.1. The fourth-order valence-corrected chi connectivity index (χ4v) is 3.36. The second kappa shape index (κ2) is 8.32. The summed E-state index contributed by atoms with van der Waals surface area (Å²) in [6.07, 6.45) is 3.23. The Bertz CT molecular complexity index is 740. The van der Waals surface area contributed by atoms with Gasteiger partial charge < -0.3 is 5.11 Å². The Morgan fingerprint density at radius 1 is 1.16 bits per heavy atom. The van der Waals surface area contributed by atoms with Gasteiger partial charge in [0.15, 0.2) is 5.78 Å². The standard InChI is InChI=1S/C21H22ClNO2/c22-19-10-8-17(9-11-19)20(24)13-21(25)18-7-4-12-23(15-18)14-16-5-2-1-3-6-16/h1-3,5-6,8-11,13,18,24H,4,7,12,14-15H2. The summed E-state index contributed by atoms with van der Waals surface area (Å²) in [4.78, 5) is 14.9. The second-order valence-electron chi connectivity index (χ2n) is 6.50. The molecule has 1 saturated heterocycles. The molecule has 3 nitrogen and oxygen atoms in total. The van der Waals surface area contributed by atoms with Crippen LogP contribution in [-0.2, 0) is 11.3 Å². The second-order valence-corrected chi connectivity index (χ2v) is 6.94. The van der Waals surface area contributed by atoms with E-state index >= 15 is 0 Å². The summed E-state index contributed by atoms with van der Waals surface area (Å²) in [6.45, 7) is 2.60. The Kier molecular flexibility index (Phi) is 5.90. The Morgan fingerprint density at radius 3 is 2.60 bits per heavy atom. The van der Waals surface area contributed by atoms with Crippen LogP contribution < -0.4 is 0 Å². The van der Waals surface area contributed by atoms with Crippen LogP contribution in [-0.4, -0.2) is 28.9 Å². The molecule has 0 aliphatic carbocycles. The van der Waals surface area contributed by atoms with Crippen LogP contribution >= 0.6 is 11.6 Å². The number of carbonyl (C=O) groups is 1. The minimum atomic E-state index is -0.0630. The van der Waals surface area contributed by atoms with Crippen molar-refractivity contribution in [3.05, 3.63) is 76.8 Å². The minimum Gasteiger partial charge on any atom is -0.507 e. The zero-order chi connectivity index (χ0) is 17.6. The SMILES string of the molecule is O=C(C=C(O)c1ccc(Cl)cc1)C1CCCN(Cc2ccccc2)C1. The minimum absolute atomic E-state index is 0.00171. The van der Waals surface area contributed by atoms with Crippen molar-refractivity contribution >= 4 is 23.1 Å². The van der Waals surface area contributed by atoms with E-state index in [0.717, 1.165) is 32.5 Å². The Labute approximate surface area is 153 Å². The van der Waals surface area contributed by atoms with Gasteiger partial charge in [-0.1, -0.05) is 41.9 Å². The molecule has 1 unspecified atom stereocenters. The van der Waals surface area contributed by atoms with Crippen LogP contribution in [0.4, 0.5) is 0 Å².